The lowest BCUT2D eigenvalue weighted by molar-refractivity contribution is -0.0481. The molecule has 1 atom stereocenters. The van der Waals surface area contributed by atoms with Crippen LogP contribution in [-0.4, -0.2) is 37.6 Å². The molecule has 10 heavy (non-hydrogen) atoms. The highest BCUT2D eigenvalue weighted by Gasteiger charge is 2.17. The van der Waals surface area contributed by atoms with Crippen LogP contribution in [0.15, 0.2) is 0 Å². The highest BCUT2D eigenvalue weighted by molar-refractivity contribution is 4.59. The van der Waals surface area contributed by atoms with Gasteiger partial charge < -0.3 is 9.47 Å². The van der Waals surface area contributed by atoms with Crippen molar-refractivity contribution in [3.63, 3.8) is 0 Å². The first-order valence-electron chi connectivity index (χ1n) is 3.78. The summed E-state index contributed by atoms with van der Waals surface area (Å²) in [6, 6.07) is 0. The van der Waals surface area contributed by atoms with Crippen molar-refractivity contribution in [1.29, 1.82) is 0 Å². The fourth-order valence-corrected chi connectivity index (χ4v) is 1.06. The van der Waals surface area contributed by atoms with E-state index in [-0.39, 0.29) is 6.23 Å². The van der Waals surface area contributed by atoms with Crippen LogP contribution >= 0.6 is 0 Å². The maximum absolute atomic E-state index is 5.37. The van der Waals surface area contributed by atoms with E-state index in [4.69, 9.17) is 9.47 Å². The highest BCUT2D eigenvalue weighted by Crippen LogP contribution is 2.05. The molecule has 3 heteroatoms. The molecular formula is C7H15NO2. The summed E-state index contributed by atoms with van der Waals surface area (Å²) in [7, 11) is 0. The first kappa shape index (κ1) is 7.98. The van der Waals surface area contributed by atoms with Crippen LogP contribution in [0, 0.1) is 0 Å². The third kappa shape index (κ3) is 1.94. The topological polar surface area (TPSA) is 21.7 Å². The monoisotopic (exact) mass is 145 g/mol. The van der Waals surface area contributed by atoms with Crippen LogP contribution in [0.3, 0.4) is 0 Å². The van der Waals surface area contributed by atoms with Crippen molar-refractivity contribution in [3.8, 4) is 0 Å². The average Bonchev–Trinajstić information content (AvgIpc) is 2.38. The van der Waals surface area contributed by atoms with Gasteiger partial charge in [-0.25, -0.2) is 0 Å². The molecule has 1 rings (SSSR count). The Morgan fingerprint density at radius 2 is 2.50 bits per heavy atom. The molecular weight excluding hydrogens is 130 g/mol. The molecule has 3 nitrogen and oxygen atoms in total. The summed E-state index contributed by atoms with van der Waals surface area (Å²) in [6.07, 6.45) is 0.215. The highest BCUT2D eigenvalue weighted by atomic mass is 16.5. The molecule has 0 N–H and O–H groups in total. The Bertz CT molecular complexity index is 91.6. The summed E-state index contributed by atoms with van der Waals surface area (Å²) in [5.41, 5.74) is 0. The van der Waals surface area contributed by atoms with Gasteiger partial charge in [-0.3, -0.25) is 4.90 Å². The Hall–Kier alpha value is -0.120. The number of hydrogen-bond donors (Lipinski definition) is 0. The predicted octanol–water partition coefficient (Wildman–Crippen LogP) is 0.659. The van der Waals surface area contributed by atoms with Gasteiger partial charge in [-0.05, 0) is 13.8 Å². The summed E-state index contributed by atoms with van der Waals surface area (Å²) in [5, 5.41) is 0. The quantitative estimate of drug-likeness (QED) is 0.582. The second-order valence-electron chi connectivity index (χ2n) is 2.40. The lowest BCUT2D eigenvalue weighted by atomic mass is 10.5. The van der Waals surface area contributed by atoms with E-state index in [1.807, 2.05) is 6.92 Å². The van der Waals surface area contributed by atoms with Gasteiger partial charge in [0.1, 0.15) is 13.0 Å². The fourth-order valence-electron chi connectivity index (χ4n) is 1.06. The Labute approximate surface area is 61.9 Å². The molecule has 0 saturated carbocycles. The van der Waals surface area contributed by atoms with Crippen molar-refractivity contribution in [2.45, 2.75) is 20.1 Å². The van der Waals surface area contributed by atoms with Crippen molar-refractivity contribution >= 4 is 0 Å². The summed E-state index contributed by atoms with van der Waals surface area (Å²) in [6.45, 7) is 7.41. The van der Waals surface area contributed by atoms with Gasteiger partial charge in [0.2, 0.25) is 0 Å². The van der Waals surface area contributed by atoms with Crippen molar-refractivity contribution in [2.75, 3.05) is 26.5 Å². The zero-order chi connectivity index (χ0) is 7.40. The van der Waals surface area contributed by atoms with Gasteiger partial charge in [0.25, 0.3) is 0 Å². The normalized spacial score (nSPS) is 23.4. The van der Waals surface area contributed by atoms with E-state index in [2.05, 4.69) is 11.8 Å². The predicted molar refractivity (Wildman–Crippen MR) is 38.6 cm³/mol. The van der Waals surface area contributed by atoms with E-state index in [1.165, 1.54) is 0 Å². The van der Waals surface area contributed by atoms with Crippen molar-refractivity contribution in [3.05, 3.63) is 0 Å². The van der Waals surface area contributed by atoms with Crippen LogP contribution < -0.4 is 0 Å². The van der Waals surface area contributed by atoms with Gasteiger partial charge in [-0.1, -0.05) is 0 Å². The third-order valence-corrected chi connectivity index (χ3v) is 1.70. The molecule has 0 aromatic rings. The minimum atomic E-state index is 0.215. The number of rotatable bonds is 3. The van der Waals surface area contributed by atoms with Crippen molar-refractivity contribution in [1.82, 2.24) is 4.90 Å². The van der Waals surface area contributed by atoms with E-state index < -0.39 is 0 Å². The van der Waals surface area contributed by atoms with Crippen LogP contribution in [0.4, 0.5) is 0 Å². The van der Waals surface area contributed by atoms with E-state index in [0.717, 1.165) is 26.5 Å². The number of ether oxygens (including phenoxy) is 2. The molecule has 0 aliphatic carbocycles. The molecule has 0 radical (unpaired) electrons. The molecule has 1 fully saturated rings. The molecule has 0 aromatic heterocycles. The zero-order valence-electron chi connectivity index (χ0n) is 6.67. The molecule has 0 aromatic carbocycles. The van der Waals surface area contributed by atoms with Crippen molar-refractivity contribution in [2.24, 2.45) is 0 Å². The number of hydrogen-bond acceptors (Lipinski definition) is 3. The lowest BCUT2D eigenvalue weighted by Crippen LogP contribution is -2.32. The Morgan fingerprint density at radius 1 is 1.70 bits per heavy atom. The Kier molecular flexibility index (Phi) is 3.12. The maximum Gasteiger partial charge on any atom is 0.109 e. The number of nitrogens with zero attached hydrogens (tertiary/aromatic N) is 1. The summed E-state index contributed by atoms with van der Waals surface area (Å²) >= 11 is 0. The molecule has 1 aliphatic heterocycles. The van der Waals surface area contributed by atoms with Crippen molar-refractivity contribution < 1.29 is 9.47 Å². The Morgan fingerprint density at radius 3 is 3.00 bits per heavy atom. The lowest BCUT2D eigenvalue weighted by Gasteiger charge is -2.21. The van der Waals surface area contributed by atoms with E-state index >= 15 is 0 Å². The molecule has 0 amide bonds. The first-order valence-corrected chi connectivity index (χ1v) is 3.78. The minimum Gasteiger partial charge on any atom is -0.365 e. The Balaban J connectivity index is 2.18. The van der Waals surface area contributed by atoms with Crippen LogP contribution in [0.25, 0.3) is 0 Å². The largest absolute Gasteiger partial charge is 0.365 e. The zero-order valence-corrected chi connectivity index (χ0v) is 6.67. The summed E-state index contributed by atoms with van der Waals surface area (Å²) in [4.78, 5) is 2.17. The van der Waals surface area contributed by atoms with Gasteiger partial charge >= 0.3 is 0 Å². The maximum atomic E-state index is 5.37. The molecule has 60 valence electrons. The average molecular weight is 145 g/mol. The summed E-state index contributed by atoms with van der Waals surface area (Å²) < 4.78 is 10.5. The third-order valence-electron chi connectivity index (χ3n) is 1.70. The van der Waals surface area contributed by atoms with E-state index in [9.17, 15) is 0 Å². The van der Waals surface area contributed by atoms with Crippen LogP contribution in [0.1, 0.15) is 13.8 Å². The smallest absolute Gasteiger partial charge is 0.109 e. The summed E-state index contributed by atoms with van der Waals surface area (Å²) in [5.74, 6) is 0. The molecule has 1 unspecified atom stereocenters. The van der Waals surface area contributed by atoms with E-state index in [0.29, 0.717) is 0 Å². The second kappa shape index (κ2) is 3.91. The standard InChI is InChI=1S/C7H15NO2/c1-3-10-7(2)8-4-5-9-6-8/h7H,3-6H2,1-2H3. The van der Waals surface area contributed by atoms with Gasteiger partial charge in [0.15, 0.2) is 0 Å². The van der Waals surface area contributed by atoms with Gasteiger partial charge in [0, 0.05) is 13.2 Å². The molecule has 1 saturated heterocycles. The fraction of sp³-hybridized carbons (Fsp3) is 1.00. The first-order chi connectivity index (χ1) is 4.84. The molecule has 0 bridgehead atoms. The van der Waals surface area contributed by atoms with Crippen LogP contribution in [0.2, 0.25) is 0 Å². The van der Waals surface area contributed by atoms with Crippen LogP contribution in [0.5, 0.6) is 0 Å². The minimum absolute atomic E-state index is 0.215. The van der Waals surface area contributed by atoms with Gasteiger partial charge in [-0.2, -0.15) is 0 Å². The van der Waals surface area contributed by atoms with Crippen LogP contribution in [-0.2, 0) is 9.47 Å². The SMILES string of the molecule is CCOC(C)N1CCOC1. The second-order valence-corrected chi connectivity index (χ2v) is 2.40. The van der Waals surface area contributed by atoms with Gasteiger partial charge in [-0.15, -0.1) is 0 Å². The van der Waals surface area contributed by atoms with E-state index in [1.54, 1.807) is 0 Å². The molecule has 1 aliphatic rings. The molecule has 1 heterocycles. The van der Waals surface area contributed by atoms with Gasteiger partial charge in [0.05, 0.1) is 6.61 Å². The molecule has 0 spiro atoms.